The summed E-state index contributed by atoms with van der Waals surface area (Å²) in [7, 11) is -3.84. The Labute approximate surface area is 185 Å². The molecule has 1 aliphatic heterocycles. The van der Waals surface area contributed by atoms with Crippen LogP contribution in [-0.2, 0) is 10.0 Å². The molecular weight excluding hydrogens is 408 g/mol. The molecule has 4 rings (SSSR count). The standard InChI is InChI=1S/C25H30N2O3S/c1-20-9-12-23(13-10-20)27(19-24(28)18-26-15-5-2-6-16-26)31(29,30)25-14-11-21-7-3-4-8-22(21)17-25/h3-4,7-14,17,24,28H,2,5-6,15-16,18-19H2,1H3/t24-/m1/s1. The highest BCUT2D eigenvalue weighted by molar-refractivity contribution is 7.92. The molecule has 1 saturated heterocycles. The molecule has 31 heavy (non-hydrogen) atoms. The van der Waals surface area contributed by atoms with Crippen molar-refractivity contribution in [2.75, 3.05) is 30.5 Å². The summed E-state index contributed by atoms with van der Waals surface area (Å²) in [6, 6.07) is 20.3. The maximum absolute atomic E-state index is 13.7. The SMILES string of the molecule is Cc1ccc(N(C[C@H](O)CN2CCCCC2)S(=O)(=O)c2ccc3ccccc3c2)cc1. The van der Waals surface area contributed by atoms with Crippen LogP contribution in [0.25, 0.3) is 10.8 Å². The molecule has 5 nitrogen and oxygen atoms in total. The Balaban J connectivity index is 1.65. The number of hydrogen-bond acceptors (Lipinski definition) is 4. The molecule has 1 N–H and O–H groups in total. The van der Waals surface area contributed by atoms with E-state index in [9.17, 15) is 13.5 Å². The fourth-order valence-electron chi connectivity index (χ4n) is 4.20. The third-order valence-corrected chi connectivity index (χ3v) is 7.71. The smallest absolute Gasteiger partial charge is 0.264 e. The molecule has 164 valence electrons. The van der Waals surface area contributed by atoms with Crippen LogP contribution in [0.4, 0.5) is 5.69 Å². The number of hydrogen-bond donors (Lipinski definition) is 1. The minimum atomic E-state index is -3.84. The number of fused-ring (bicyclic) bond motifs is 1. The summed E-state index contributed by atoms with van der Waals surface area (Å²) in [5.74, 6) is 0. The molecule has 0 aromatic heterocycles. The first-order valence-corrected chi connectivity index (χ1v) is 12.4. The highest BCUT2D eigenvalue weighted by Gasteiger charge is 2.28. The predicted octanol–water partition coefficient (Wildman–Crippen LogP) is 4.19. The van der Waals surface area contributed by atoms with E-state index >= 15 is 0 Å². The molecule has 0 bridgehead atoms. The van der Waals surface area contributed by atoms with Crippen molar-refractivity contribution in [1.29, 1.82) is 0 Å². The summed E-state index contributed by atoms with van der Waals surface area (Å²) in [6.45, 7) is 4.39. The lowest BCUT2D eigenvalue weighted by molar-refractivity contribution is 0.107. The highest BCUT2D eigenvalue weighted by Crippen LogP contribution is 2.27. The zero-order valence-electron chi connectivity index (χ0n) is 17.9. The topological polar surface area (TPSA) is 60.9 Å². The number of benzene rings is 3. The van der Waals surface area contributed by atoms with Crippen molar-refractivity contribution in [1.82, 2.24) is 4.90 Å². The van der Waals surface area contributed by atoms with E-state index in [1.165, 1.54) is 10.7 Å². The Morgan fingerprint density at radius 2 is 1.61 bits per heavy atom. The van der Waals surface area contributed by atoms with Crippen LogP contribution in [0, 0.1) is 6.92 Å². The number of nitrogens with zero attached hydrogens (tertiary/aromatic N) is 2. The van der Waals surface area contributed by atoms with Gasteiger partial charge in [-0.05, 0) is 67.9 Å². The second-order valence-corrected chi connectivity index (χ2v) is 10.3. The lowest BCUT2D eigenvalue weighted by atomic mass is 10.1. The van der Waals surface area contributed by atoms with Gasteiger partial charge in [0.05, 0.1) is 23.2 Å². The molecule has 1 heterocycles. The van der Waals surface area contributed by atoms with E-state index < -0.39 is 16.1 Å². The zero-order chi connectivity index (χ0) is 21.8. The molecule has 6 heteroatoms. The van der Waals surface area contributed by atoms with Gasteiger partial charge in [0, 0.05) is 6.54 Å². The van der Waals surface area contributed by atoms with Gasteiger partial charge in [-0.25, -0.2) is 8.42 Å². The Morgan fingerprint density at radius 3 is 2.32 bits per heavy atom. The fourth-order valence-corrected chi connectivity index (χ4v) is 5.74. The van der Waals surface area contributed by atoms with Gasteiger partial charge in [0.1, 0.15) is 0 Å². The van der Waals surface area contributed by atoms with E-state index in [0.29, 0.717) is 12.2 Å². The van der Waals surface area contributed by atoms with Crippen molar-refractivity contribution in [3.05, 3.63) is 72.3 Å². The summed E-state index contributed by atoms with van der Waals surface area (Å²) in [6.07, 6.45) is 2.71. The summed E-state index contributed by atoms with van der Waals surface area (Å²) in [5.41, 5.74) is 1.62. The first-order chi connectivity index (χ1) is 14.9. The van der Waals surface area contributed by atoms with E-state index in [1.54, 1.807) is 12.1 Å². The van der Waals surface area contributed by atoms with Gasteiger partial charge in [0.25, 0.3) is 10.0 Å². The van der Waals surface area contributed by atoms with Crippen LogP contribution in [0.3, 0.4) is 0 Å². The summed E-state index contributed by atoms with van der Waals surface area (Å²) in [4.78, 5) is 2.46. The van der Waals surface area contributed by atoms with E-state index in [4.69, 9.17) is 0 Å². The zero-order valence-corrected chi connectivity index (χ0v) is 18.8. The average molecular weight is 439 g/mol. The van der Waals surface area contributed by atoms with Crippen molar-refractivity contribution in [2.24, 2.45) is 0 Å². The van der Waals surface area contributed by atoms with Crippen molar-refractivity contribution in [3.8, 4) is 0 Å². The maximum atomic E-state index is 13.7. The van der Waals surface area contributed by atoms with Gasteiger partial charge in [0.15, 0.2) is 0 Å². The number of β-amino-alcohol motifs (C(OH)–C–C–N with tert-alkyl or cyclic N) is 1. The van der Waals surface area contributed by atoms with Crippen LogP contribution in [-0.4, -0.2) is 50.7 Å². The van der Waals surface area contributed by atoms with Crippen LogP contribution < -0.4 is 4.31 Å². The molecule has 0 saturated carbocycles. The van der Waals surface area contributed by atoms with Crippen LogP contribution in [0.5, 0.6) is 0 Å². The van der Waals surface area contributed by atoms with E-state index in [1.807, 2.05) is 61.5 Å². The first-order valence-electron chi connectivity index (χ1n) is 10.9. The van der Waals surface area contributed by atoms with Crippen molar-refractivity contribution in [3.63, 3.8) is 0 Å². The second kappa shape index (κ2) is 9.39. The molecule has 3 aromatic carbocycles. The largest absolute Gasteiger partial charge is 0.390 e. The molecule has 0 spiro atoms. The number of anilines is 1. The maximum Gasteiger partial charge on any atom is 0.264 e. The van der Waals surface area contributed by atoms with Gasteiger partial charge in [-0.2, -0.15) is 0 Å². The molecule has 0 amide bonds. The van der Waals surface area contributed by atoms with E-state index in [2.05, 4.69) is 4.90 Å². The lowest BCUT2D eigenvalue weighted by Crippen LogP contribution is -2.44. The molecule has 1 fully saturated rings. The predicted molar refractivity (Wildman–Crippen MR) is 126 cm³/mol. The summed E-state index contributed by atoms with van der Waals surface area (Å²) < 4.78 is 28.7. The fraction of sp³-hybridized carbons (Fsp3) is 0.360. The summed E-state index contributed by atoms with van der Waals surface area (Å²) >= 11 is 0. The number of likely N-dealkylation sites (tertiary alicyclic amines) is 1. The Kier molecular flexibility index (Phi) is 6.60. The van der Waals surface area contributed by atoms with Gasteiger partial charge in [-0.15, -0.1) is 0 Å². The van der Waals surface area contributed by atoms with Crippen LogP contribution in [0.2, 0.25) is 0 Å². The normalized spacial score (nSPS) is 16.3. The van der Waals surface area contributed by atoms with Gasteiger partial charge in [0.2, 0.25) is 0 Å². The van der Waals surface area contributed by atoms with Crippen molar-refractivity contribution < 1.29 is 13.5 Å². The third kappa shape index (κ3) is 5.09. The Hall–Kier alpha value is -2.41. The van der Waals surface area contributed by atoms with Crippen molar-refractivity contribution >= 4 is 26.5 Å². The minimum Gasteiger partial charge on any atom is -0.390 e. The second-order valence-electron chi connectivity index (χ2n) is 8.40. The number of aliphatic hydroxyl groups is 1. The molecular formula is C25H30N2O3S. The van der Waals surface area contributed by atoms with Gasteiger partial charge >= 0.3 is 0 Å². The number of piperidine rings is 1. The number of sulfonamides is 1. The Bertz CT molecular complexity index is 1120. The molecule has 0 radical (unpaired) electrons. The molecule has 1 aliphatic rings. The third-order valence-electron chi connectivity index (χ3n) is 5.93. The minimum absolute atomic E-state index is 0.0225. The number of rotatable bonds is 7. The van der Waals surface area contributed by atoms with Crippen molar-refractivity contribution in [2.45, 2.75) is 37.2 Å². The van der Waals surface area contributed by atoms with Crippen LogP contribution in [0.15, 0.2) is 71.6 Å². The summed E-state index contributed by atoms with van der Waals surface area (Å²) in [5, 5.41) is 12.7. The van der Waals surface area contributed by atoms with Gasteiger partial charge in [-0.3, -0.25) is 4.31 Å². The molecule has 3 aromatic rings. The molecule has 0 unspecified atom stereocenters. The van der Waals surface area contributed by atoms with Crippen LogP contribution >= 0.6 is 0 Å². The van der Waals surface area contributed by atoms with E-state index in [0.717, 1.165) is 42.3 Å². The van der Waals surface area contributed by atoms with Gasteiger partial charge < -0.3 is 10.0 Å². The van der Waals surface area contributed by atoms with Gasteiger partial charge in [-0.1, -0.05) is 54.4 Å². The monoisotopic (exact) mass is 438 g/mol. The average Bonchev–Trinajstić information content (AvgIpc) is 2.78. The van der Waals surface area contributed by atoms with E-state index in [-0.39, 0.29) is 11.4 Å². The quantitative estimate of drug-likeness (QED) is 0.601. The number of aryl methyl sites for hydroxylation is 1. The van der Waals surface area contributed by atoms with Crippen LogP contribution in [0.1, 0.15) is 24.8 Å². The molecule has 1 atom stereocenters. The molecule has 0 aliphatic carbocycles. The lowest BCUT2D eigenvalue weighted by Gasteiger charge is -2.31. The highest BCUT2D eigenvalue weighted by atomic mass is 32.2. The number of aliphatic hydroxyl groups excluding tert-OH is 1. The Morgan fingerprint density at radius 1 is 0.935 bits per heavy atom. The first kappa shape index (κ1) is 21.8.